The molecule has 0 aliphatic carbocycles. The second kappa shape index (κ2) is 8.22. The minimum absolute atomic E-state index is 0.321. The van der Waals surface area contributed by atoms with Crippen LogP contribution in [-0.2, 0) is 32.3 Å². The lowest BCUT2D eigenvalue weighted by Gasteiger charge is -1.92. The molecule has 0 aliphatic rings. The zero-order chi connectivity index (χ0) is 6.95. The molecule has 0 radical (unpaired) electrons. The Kier molecular flexibility index (Phi) is 8.42. The summed E-state index contributed by atoms with van der Waals surface area (Å²) < 4.78 is 28.0. The highest BCUT2D eigenvalue weighted by atomic mass is 32.2. The SMILES string of the molecule is O=[SH]OCCCO[SH]=O. The molecule has 0 amide bonds. The van der Waals surface area contributed by atoms with Crippen molar-refractivity contribution in [2.45, 2.75) is 6.42 Å². The van der Waals surface area contributed by atoms with Crippen LogP contribution in [0.4, 0.5) is 0 Å². The molecule has 0 N–H and O–H groups in total. The van der Waals surface area contributed by atoms with Crippen LogP contribution in [0.2, 0.25) is 0 Å². The summed E-state index contributed by atoms with van der Waals surface area (Å²) in [4.78, 5) is 0. The standard InChI is InChI=1S/C3H8O4S2/c4-8-6-2-1-3-7-9-5/h8-9H,1-3H2. The van der Waals surface area contributed by atoms with Gasteiger partial charge in [0.2, 0.25) is 0 Å². The molecule has 0 aromatic carbocycles. The maximum absolute atomic E-state index is 9.61. The van der Waals surface area contributed by atoms with Gasteiger partial charge in [-0.2, -0.15) is 0 Å². The molecule has 0 atom stereocenters. The fraction of sp³-hybridized carbons (Fsp3) is 1.00. The summed E-state index contributed by atoms with van der Waals surface area (Å²) in [5, 5.41) is 0. The van der Waals surface area contributed by atoms with Gasteiger partial charge >= 0.3 is 0 Å². The molecule has 0 bridgehead atoms. The molecule has 0 aliphatic heterocycles. The summed E-state index contributed by atoms with van der Waals surface area (Å²) in [7, 11) is 0. The molecular weight excluding hydrogens is 164 g/mol. The van der Waals surface area contributed by atoms with E-state index in [1.54, 1.807) is 0 Å². The lowest BCUT2D eigenvalue weighted by Crippen LogP contribution is -1.95. The summed E-state index contributed by atoms with van der Waals surface area (Å²) in [6.45, 7) is 0.723. The van der Waals surface area contributed by atoms with Crippen LogP contribution in [0.15, 0.2) is 0 Å². The van der Waals surface area contributed by atoms with Gasteiger partial charge in [-0.05, 0) is 6.42 Å². The van der Waals surface area contributed by atoms with Gasteiger partial charge in [-0.1, -0.05) is 0 Å². The highest BCUT2D eigenvalue weighted by Gasteiger charge is 1.85. The predicted octanol–water partition coefficient (Wildman–Crippen LogP) is -0.870. The fourth-order valence-electron chi connectivity index (χ4n) is 0.263. The van der Waals surface area contributed by atoms with Crippen molar-refractivity contribution in [2.24, 2.45) is 0 Å². The minimum Gasteiger partial charge on any atom is -0.293 e. The molecule has 0 unspecified atom stereocenters. The monoisotopic (exact) mass is 172 g/mol. The Morgan fingerprint density at radius 3 is 1.78 bits per heavy atom. The van der Waals surface area contributed by atoms with E-state index in [0.29, 0.717) is 19.6 Å². The van der Waals surface area contributed by atoms with E-state index in [1.807, 2.05) is 0 Å². The fourth-order valence-corrected chi connectivity index (χ4v) is 0.670. The van der Waals surface area contributed by atoms with Crippen LogP contribution >= 0.6 is 0 Å². The molecule has 0 aromatic heterocycles. The first-order valence-electron chi connectivity index (χ1n) is 2.31. The maximum atomic E-state index is 9.61. The van der Waals surface area contributed by atoms with E-state index in [4.69, 9.17) is 0 Å². The second-order valence-electron chi connectivity index (χ2n) is 1.17. The van der Waals surface area contributed by atoms with Crippen LogP contribution in [0.25, 0.3) is 0 Å². The van der Waals surface area contributed by atoms with Crippen LogP contribution in [0.5, 0.6) is 0 Å². The van der Waals surface area contributed by atoms with Crippen LogP contribution in [0.3, 0.4) is 0 Å². The van der Waals surface area contributed by atoms with Crippen molar-refractivity contribution in [3.05, 3.63) is 0 Å². The second-order valence-corrected chi connectivity index (χ2v) is 1.98. The summed E-state index contributed by atoms with van der Waals surface area (Å²) in [6.07, 6.45) is 0.602. The zero-order valence-electron chi connectivity index (χ0n) is 4.65. The van der Waals surface area contributed by atoms with Gasteiger partial charge in [-0.3, -0.25) is 8.37 Å². The average Bonchev–Trinajstić information content (AvgIpc) is 1.89. The van der Waals surface area contributed by atoms with E-state index in [-0.39, 0.29) is 23.9 Å². The number of hydrogen-bond acceptors (Lipinski definition) is 4. The van der Waals surface area contributed by atoms with Gasteiger partial charge < -0.3 is 0 Å². The zero-order valence-corrected chi connectivity index (χ0v) is 6.44. The van der Waals surface area contributed by atoms with Crippen molar-refractivity contribution in [3.63, 3.8) is 0 Å². The van der Waals surface area contributed by atoms with Crippen molar-refractivity contribution < 1.29 is 16.8 Å². The number of rotatable bonds is 6. The van der Waals surface area contributed by atoms with Gasteiger partial charge in [0.05, 0.1) is 13.2 Å². The Labute approximate surface area is 60.9 Å². The summed E-state index contributed by atoms with van der Waals surface area (Å²) >= 11 is -0.643. The first kappa shape index (κ1) is 9.22. The van der Waals surface area contributed by atoms with Gasteiger partial charge in [0.25, 0.3) is 0 Å². The molecule has 0 spiro atoms. The summed E-state index contributed by atoms with van der Waals surface area (Å²) in [5.74, 6) is 0. The average molecular weight is 172 g/mol. The molecule has 0 heterocycles. The Hall–Kier alpha value is 0.220. The Bertz CT molecular complexity index is 75.9. The lowest BCUT2D eigenvalue weighted by molar-refractivity contribution is 0.284. The van der Waals surface area contributed by atoms with Crippen LogP contribution in [0.1, 0.15) is 6.42 Å². The minimum atomic E-state index is -0.321. The van der Waals surface area contributed by atoms with Gasteiger partial charge in [-0.15, -0.1) is 0 Å². The van der Waals surface area contributed by atoms with E-state index in [0.717, 1.165) is 0 Å². The Balaban J connectivity index is 2.74. The highest BCUT2D eigenvalue weighted by molar-refractivity contribution is 7.60. The lowest BCUT2D eigenvalue weighted by atomic mass is 10.5. The molecule has 0 rings (SSSR count). The third-order valence-electron chi connectivity index (χ3n) is 0.577. The first-order chi connectivity index (χ1) is 4.41. The molecule has 0 saturated carbocycles. The number of thiol groups is 2. The van der Waals surface area contributed by atoms with Gasteiger partial charge in [0.1, 0.15) is 23.9 Å². The van der Waals surface area contributed by atoms with Crippen LogP contribution < -0.4 is 0 Å². The Morgan fingerprint density at radius 1 is 1.00 bits per heavy atom. The molecule has 9 heavy (non-hydrogen) atoms. The third-order valence-corrected chi connectivity index (χ3v) is 1.15. The van der Waals surface area contributed by atoms with Crippen molar-refractivity contribution in [1.82, 2.24) is 0 Å². The third kappa shape index (κ3) is 8.22. The summed E-state index contributed by atoms with van der Waals surface area (Å²) in [6, 6.07) is 0. The topological polar surface area (TPSA) is 52.6 Å². The normalized spacial score (nSPS) is 9.78. The van der Waals surface area contributed by atoms with Crippen molar-refractivity contribution in [2.75, 3.05) is 13.2 Å². The number of hydrogen-bond donors (Lipinski definition) is 2. The highest BCUT2D eigenvalue weighted by Crippen LogP contribution is 1.81. The molecule has 0 fully saturated rings. The van der Waals surface area contributed by atoms with E-state index >= 15 is 0 Å². The van der Waals surface area contributed by atoms with E-state index in [1.165, 1.54) is 0 Å². The molecule has 4 nitrogen and oxygen atoms in total. The molecule has 0 aromatic rings. The van der Waals surface area contributed by atoms with Gasteiger partial charge in [-0.25, -0.2) is 8.42 Å². The van der Waals surface area contributed by atoms with Crippen LogP contribution in [-0.4, -0.2) is 21.6 Å². The van der Waals surface area contributed by atoms with E-state index in [9.17, 15) is 8.42 Å². The van der Waals surface area contributed by atoms with Crippen LogP contribution in [0, 0.1) is 0 Å². The summed E-state index contributed by atoms with van der Waals surface area (Å²) in [5.41, 5.74) is 0. The van der Waals surface area contributed by atoms with Crippen molar-refractivity contribution in [3.8, 4) is 0 Å². The Morgan fingerprint density at radius 2 is 1.44 bits per heavy atom. The molecule has 0 saturated heterocycles. The molecular formula is C3H8O4S2. The largest absolute Gasteiger partial charge is 0.293 e. The molecule has 6 heteroatoms. The van der Waals surface area contributed by atoms with Crippen molar-refractivity contribution in [1.29, 1.82) is 0 Å². The maximum Gasteiger partial charge on any atom is 0.142 e. The van der Waals surface area contributed by atoms with Crippen molar-refractivity contribution >= 4 is 23.9 Å². The quantitative estimate of drug-likeness (QED) is 0.404. The van der Waals surface area contributed by atoms with E-state index in [2.05, 4.69) is 8.37 Å². The van der Waals surface area contributed by atoms with E-state index < -0.39 is 0 Å². The van der Waals surface area contributed by atoms with Gasteiger partial charge in [0, 0.05) is 0 Å². The smallest absolute Gasteiger partial charge is 0.142 e. The first-order valence-corrected chi connectivity index (χ1v) is 3.77. The predicted molar refractivity (Wildman–Crippen MR) is 35.6 cm³/mol. The van der Waals surface area contributed by atoms with Gasteiger partial charge in [0.15, 0.2) is 0 Å². The molecule has 56 valence electrons.